The Balaban J connectivity index is 2.11. The predicted molar refractivity (Wildman–Crippen MR) is 76.6 cm³/mol. The highest BCUT2D eigenvalue weighted by atomic mass is 16.3. The first kappa shape index (κ1) is 11.6. The topological polar surface area (TPSA) is 49.6 Å². The summed E-state index contributed by atoms with van der Waals surface area (Å²) in [5.41, 5.74) is 4.69. The molecule has 0 aliphatic carbocycles. The second-order valence-corrected chi connectivity index (χ2v) is 4.56. The van der Waals surface area contributed by atoms with Gasteiger partial charge in [-0.1, -0.05) is 0 Å². The molecule has 4 heteroatoms. The summed E-state index contributed by atoms with van der Waals surface area (Å²) < 4.78 is 1.98. The van der Waals surface area contributed by atoms with E-state index in [0.29, 0.717) is 5.75 Å². The average molecular weight is 253 g/mol. The van der Waals surface area contributed by atoms with Crippen LogP contribution in [0, 0.1) is 6.92 Å². The molecule has 1 aromatic carbocycles. The van der Waals surface area contributed by atoms with E-state index in [4.69, 9.17) is 0 Å². The molecule has 19 heavy (non-hydrogen) atoms. The van der Waals surface area contributed by atoms with Gasteiger partial charge in [-0.15, -0.1) is 0 Å². The van der Waals surface area contributed by atoms with Crippen molar-refractivity contribution in [3.8, 4) is 17.0 Å². The highest BCUT2D eigenvalue weighted by Crippen LogP contribution is 2.25. The van der Waals surface area contributed by atoms with Gasteiger partial charge in [0.15, 0.2) is 0 Å². The lowest BCUT2D eigenvalue weighted by molar-refractivity contribution is 0.471. The minimum atomic E-state index is 0.310. The first-order chi connectivity index (χ1) is 9.17. The third-order valence-electron chi connectivity index (χ3n) is 3.24. The number of aryl methyl sites for hydroxylation is 1. The summed E-state index contributed by atoms with van der Waals surface area (Å²) in [5, 5.41) is 12.7. The van der Waals surface area contributed by atoms with Gasteiger partial charge in [0.1, 0.15) is 11.4 Å². The summed E-state index contributed by atoms with van der Waals surface area (Å²) in [6, 6.07) is 9.52. The van der Waals surface area contributed by atoms with E-state index in [-0.39, 0.29) is 0 Å². The van der Waals surface area contributed by atoms with Crippen molar-refractivity contribution in [1.29, 1.82) is 0 Å². The van der Waals surface area contributed by atoms with E-state index in [9.17, 15) is 5.11 Å². The highest BCUT2D eigenvalue weighted by molar-refractivity contribution is 5.66. The van der Waals surface area contributed by atoms with Gasteiger partial charge in [0.05, 0.1) is 5.69 Å². The molecule has 0 fully saturated rings. The van der Waals surface area contributed by atoms with E-state index in [1.807, 2.05) is 55.0 Å². The van der Waals surface area contributed by atoms with Crippen LogP contribution in [0.5, 0.6) is 5.75 Å². The molecule has 0 amide bonds. The van der Waals surface area contributed by atoms with Gasteiger partial charge in [0.2, 0.25) is 0 Å². The Kier molecular flexibility index (Phi) is 2.63. The molecule has 96 valence electrons. The van der Waals surface area contributed by atoms with Crippen LogP contribution in [0.2, 0.25) is 0 Å². The van der Waals surface area contributed by atoms with Crippen LogP contribution < -0.4 is 5.32 Å². The summed E-state index contributed by atoms with van der Waals surface area (Å²) in [4.78, 5) is 4.60. The maximum absolute atomic E-state index is 9.56. The number of anilines is 1. The van der Waals surface area contributed by atoms with E-state index in [1.165, 1.54) is 0 Å². The Bertz CT molecular complexity index is 746. The molecular formula is C15H15N3O. The van der Waals surface area contributed by atoms with Crippen LogP contribution in [0.15, 0.2) is 42.7 Å². The number of hydrogen-bond donors (Lipinski definition) is 2. The molecule has 2 aromatic heterocycles. The average Bonchev–Trinajstić information content (AvgIpc) is 2.84. The number of nitrogens with one attached hydrogen (secondary N) is 1. The van der Waals surface area contributed by atoms with Gasteiger partial charge < -0.3 is 14.8 Å². The number of rotatable bonds is 2. The minimum Gasteiger partial charge on any atom is -0.508 e. The molecule has 0 saturated heterocycles. The van der Waals surface area contributed by atoms with Crippen molar-refractivity contribution in [3.63, 3.8) is 0 Å². The Hall–Kier alpha value is -2.49. The number of hydrogen-bond acceptors (Lipinski definition) is 3. The molecule has 4 nitrogen and oxygen atoms in total. The van der Waals surface area contributed by atoms with Crippen LogP contribution in [0.25, 0.3) is 16.9 Å². The van der Waals surface area contributed by atoms with Crippen LogP contribution in [0.4, 0.5) is 5.69 Å². The van der Waals surface area contributed by atoms with Crippen LogP contribution in [-0.4, -0.2) is 21.5 Å². The molecule has 0 spiro atoms. The molecule has 0 bridgehead atoms. The monoisotopic (exact) mass is 253 g/mol. The maximum Gasteiger partial charge on any atom is 0.139 e. The number of imidazole rings is 1. The predicted octanol–water partition coefficient (Wildman–Crippen LogP) is 3.06. The van der Waals surface area contributed by atoms with Crippen molar-refractivity contribution in [2.75, 3.05) is 12.4 Å². The summed E-state index contributed by atoms with van der Waals surface area (Å²) in [5.74, 6) is 0.310. The van der Waals surface area contributed by atoms with Crippen molar-refractivity contribution in [3.05, 3.63) is 48.3 Å². The van der Waals surface area contributed by atoms with Gasteiger partial charge >= 0.3 is 0 Å². The Labute approximate surface area is 111 Å². The Morgan fingerprint density at radius 1 is 1.21 bits per heavy atom. The van der Waals surface area contributed by atoms with Gasteiger partial charge in [0, 0.05) is 36.8 Å². The fraction of sp³-hybridized carbons (Fsp3) is 0.133. The molecule has 0 aliphatic heterocycles. The molecule has 2 N–H and O–H groups in total. The molecule has 0 unspecified atom stereocenters. The number of pyridine rings is 1. The fourth-order valence-corrected chi connectivity index (χ4v) is 2.09. The normalized spacial score (nSPS) is 10.8. The molecular weight excluding hydrogens is 238 g/mol. The fourth-order valence-electron chi connectivity index (χ4n) is 2.09. The number of phenols is 1. The van der Waals surface area contributed by atoms with E-state index < -0.39 is 0 Å². The maximum atomic E-state index is 9.56. The Morgan fingerprint density at radius 2 is 2.05 bits per heavy atom. The van der Waals surface area contributed by atoms with E-state index in [1.54, 1.807) is 6.07 Å². The third kappa shape index (κ3) is 2.01. The van der Waals surface area contributed by atoms with Crippen molar-refractivity contribution >= 4 is 11.3 Å². The molecule has 0 aliphatic rings. The standard InChI is InChI=1S/C15H15N3O/c1-10-7-11(3-4-14(10)19)13-9-18-6-5-12(16-2)8-15(18)17-13/h3-9,16,19H,1-2H3. The largest absolute Gasteiger partial charge is 0.508 e. The van der Waals surface area contributed by atoms with Gasteiger partial charge in [0.25, 0.3) is 0 Å². The quantitative estimate of drug-likeness (QED) is 0.738. The van der Waals surface area contributed by atoms with Gasteiger partial charge in [-0.2, -0.15) is 0 Å². The summed E-state index contributed by atoms with van der Waals surface area (Å²) >= 11 is 0. The first-order valence-corrected chi connectivity index (χ1v) is 6.14. The molecule has 0 radical (unpaired) electrons. The van der Waals surface area contributed by atoms with Crippen LogP contribution in [-0.2, 0) is 0 Å². The van der Waals surface area contributed by atoms with Crippen LogP contribution in [0.1, 0.15) is 5.56 Å². The lowest BCUT2D eigenvalue weighted by atomic mass is 10.1. The first-order valence-electron chi connectivity index (χ1n) is 6.14. The lowest BCUT2D eigenvalue weighted by Gasteiger charge is -2.00. The number of aromatic nitrogens is 2. The van der Waals surface area contributed by atoms with Crippen molar-refractivity contribution in [1.82, 2.24) is 9.38 Å². The Morgan fingerprint density at radius 3 is 2.79 bits per heavy atom. The lowest BCUT2D eigenvalue weighted by Crippen LogP contribution is -1.89. The summed E-state index contributed by atoms with van der Waals surface area (Å²) in [6.07, 6.45) is 3.96. The van der Waals surface area contributed by atoms with Crippen molar-refractivity contribution in [2.24, 2.45) is 0 Å². The van der Waals surface area contributed by atoms with Crippen molar-refractivity contribution < 1.29 is 5.11 Å². The van der Waals surface area contributed by atoms with Crippen LogP contribution in [0.3, 0.4) is 0 Å². The molecule has 2 heterocycles. The smallest absolute Gasteiger partial charge is 0.139 e. The molecule has 3 rings (SSSR count). The van der Waals surface area contributed by atoms with Gasteiger partial charge in [-0.05, 0) is 36.8 Å². The zero-order chi connectivity index (χ0) is 13.4. The number of phenolic OH excluding ortho intramolecular Hbond substituents is 1. The zero-order valence-electron chi connectivity index (χ0n) is 10.9. The molecule has 0 saturated carbocycles. The SMILES string of the molecule is CNc1ccn2cc(-c3ccc(O)c(C)c3)nc2c1. The highest BCUT2D eigenvalue weighted by Gasteiger charge is 2.06. The summed E-state index contributed by atoms with van der Waals surface area (Å²) in [6.45, 7) is 1.88. The van der Waals surface area contributed by atoms with E-state index in [2.05, 4.69) is 10.3 Å². The van der Waals surface area contributed by atoms with Crippen molar-refractivity contribution in [2.45, 2.75) is 6.92 Å². The van der Waals surface area contributed by atoms with Gasteiger partial charge in [-0.25, -0.2) is 4.98 Å². The number of nitrogens with zero attached hydrogens (tertiary/aromatic N) is 2. The second-order valence-electron chi connectivity index (χ2n) is 4.56. The minimum absolute atomic E-state index is 0.310. The number of aromatic hydroxyl groups is 1. The van der Waals surface area contributed by atoms with Gasteiger partial charge in [-0.3, -0.25) is 0 Å². The summed E-state index contributed by atoms with van der Waals surface area (Å²) in [7, 11) is 1.89. The number of benzene rings is 1. The van der Waals surface area contributed by atoms with E-state index in [0.717, 1.165) is 28.2 Å². The van der Waals surface area contributed by atoms with Crippen LogP contribution >= 0.6 is 0 Å². The zero-order valence-corrected chi connectivity index (χ0v) is 10.9. The third-order valence-corrected chi connectivity index (χ3v) is 3.24. The van der Waals surface area contributed by atoms with E-state index >= 15 is 0 Å². The molecule has 0 atom stereocenters. The second kappa shape index (κ2) is 4.31. The molecule has 3 aromatic rings. The number of fused-ring (bicyclic) bond motifs is 1.